The van der Waals surface area contributed by atoms with Crippen molar-refractivity contribution >= 4 is 0 Å². The fourth-order valence-corrected chi connectivity index (χ4v) is 3.69. The highest BCUT2D eigenvalue weighted by Gasteiger charge is 2.26. The first-order chi connectivity index (χ1) is 12.0. The summed E-state index contributed by atoms with van der Waals surface area (Å²) in [6.45, 7) is 20.3. The van der Waals surface area contributed by atoms with E-state index in [0.717, 1.165) is 12.0 Å². The summed E-state index contributed by atoms with van der Waals surface area (Å²) in [6, 6.07) is 11.4. The molecule has 0 amide bonds. The van der Waals surface area contributed by atoms with Crippen LogP contribution in [0.3, 0.4) is 0 Å². The van der Waals surface area contributed by atoms with Gasteiger partial charge in [0.05, 0.1) is 0 Å². The molecule has 0 fully saturated rings. The van der Waals surface area contributed by atoms with Gasteiger partial charge in [-0.05, 0) is 65.0 Å². The third-order valence-electron chi connectivity index (χ3n) is 4.97. The zero-order valence-corrected chi connectivity index (χ0v) is 18.1. The van der Waals surface area contributed by atoms with Crippen LogP contribution >= 0.6 is 0 Å². The van der Waals surface area contributed by atoms with Gasteiger partial charge >= 0.3 is 0 Å². The molecular formula is C26H34. The zero-order valence-electron chi connectivity index (χ0n) is 18.1. The summed E-state index contributed by atoms with van der Waals surface area (Å²) in [5.74, 6) is 6.37. The Morgan fingerprint density at radius 3 is 1.81 bits per heavy atom. The standard InChI is InChI=1S/C26H34/c1-10-12-19-14-13-18(3)15-22(19)20-16-23(25(4,5)6)21(11-2)24(17-20)26(7,8)9/h13-17H,11H2,1-9H3. The van der Waals surface area contributed by atoms with Crippen LogP contribution < -0.4 is 0 Å². The molecule has 0 heteroatoms. The summed E-state index contributed by atoms with van der Waals surface area (Å²) in [7, 11) is 0. The Hall–Kier alpha value is -2.00. The van der Waals surface area contributed by atoms with Crippen LogP contribution in [0.1, 0.15) is 83.2 Å². The summed E-state index contributed by atoms with van der Waals surface area (Å²) in [6.07, 6.45) is 1.06. The lowest BCUT2D eigenvalue weighted by Crippen LogP contribution is -2.21. The molecule has 0 saturated carbocycles. The van der Waals surface area contributed by atoms with Crippen LogP contribution in [0.5, 0.6) is 0 Å². The maximum absolute atomic E-state index is 3.30. The highest BCUT2D eigenvalue weighted by molar-refractivity contribution is 5.74. The number of benzene rings is 2. The van der Waals surface area contributed by atoms with Crippen molar-refractivity contribution in [2.75, 3.05) is 0 Å². The van der Waals surface area contributed by atoms with Crippen LogP contribution in [0, 0.1) is 18.8 Å². The van der Waals surface area contributed by atoms with Crippen LogP contribution in [0.15, 0.2) is 30.3 Å². The summed E-state index contributed by atoms with van der Waals surface area (Å²) < 4.78 is 0. The van der Waals surface area contributed by atoms with Crippen LogP contribution in [-0.2, 0) is 17.3 Å². The monoisotopic (exact) mass is 346 g/mol. The largest absolute Gasteiger partial charge is 0.101 e. The SMILES string of the molecule is CC#Cc1ccc(C)cc1-c1cc(C(C)(C)C)c(CC)c(C(C)(C)C)c1. The first kappa shape index (κ1) is 20.3. The van der Waals surface area contributed by atoms with Gasteiger partial charge in [0, 0.05) is 5.56 Å². The summed E-state index contributed by atoms with van der Waals surface area (Å²) in [5.41, 5.74) is 9.57. The highest BCUT2D eigenvalue weighted by atomic mass is 14.3. The van der Waals surface area contributed by atoms with Crippen molar-refractivity contribution in [2.45, 2.75) is 79.6 Å². The lowest BCUT2D eigenvalue weighted by Gasteiger charge is -2.31. The molecule has 0 aromatic heterocycles. The quantitative estimate of drug-likeness (QED) is 0.505. The molecule has 0 nitrogen and oxygen atoms in total. The predicted molar refractivity (Wildman–Crippen MR) is 116 cm³/mol. The molecule has 138 valence electrons. The van der Waals surface area contributed by atoms with Gasteiger partial charge in [0.2, 0.25) is 0 Å². The van der Waals surface area contributed by atoms with E-state index >= 15 is 0 Å². The summed E-state index contributed by atoms with van der Waals surface area (Å²) in [5, 5.41) is 0. The molecule has 2 aromatic carbocycles. The number of aryl methyl sites for hydroxylation is 1. The van der Waals surface area contributed by atoms with Crippen molar-refractivity contribution in [1.29, 1.82) is 0 Å². The Kier molecular flexibility index (Phi) is 5.72. The van der Waals surface area contributed by atoms with E-state index in [1.807, 2.05) is 6.92 Å². The fourth-order valence-electron chi connectivity index (χ4n) is 3.69. The molecule has 0 N–H and O–H groups in total. The van der Waals surface area contributed by atoms with Gasteiger partial charge in [0.25, 0.3) is 0 Å². The molecule has 0 aliphatic rings. The first-order valence-corrected chi connectivity index (χ1v) is 9.70. The van der Waals surface area contributed by atoms with Gasteiger partial charge in [-0.1, -0.05) is 84.2 Å². The molecule has 0 bridgehead atoms. The van der Waals surface area contributed by atoms with Crippen LogP contribution in [-0.4, -0.2) is 0 Å². The first-order valence-electron chi connectivity index (χ1n) is 9.70. The molecular weight excluding hydrogens is 312 g/mol. The number of hydrogen-bond acceptors (Lipinski definition) is 0. The maximum atomic E-state index is 3.30. The Morgan fingerprint density at radius 1 is 0.846 bits per heavy atom. The van der Waals surface area contributed by atoms with Crippen LogP contribution in [0.2, 0.25) is 0 Å². The highest BCUT2D eigenvalue weighted by Crippen LogP contribution is 2.39. The Bertz CT molecular complexity index is 821. The normalized spacial score (nSPS) is 11.9. The van der Waals surface area contributed by atoms with Gasteiger partial charge in [-0.25, -0.2) is 0 Å². The van der Waals surface area contributed by atoms with E-state index in [4.69, 9.17) is 0 Å². The third kappa shape index (κ3) is 4.21. The van der Waals surface area contributed by atoms with Gasteiger partial charge in [-0.15, -0.1) is 5.92 Å². The van der Waals surface area contributed by atoms with Crippen molar-refractivity contribution in [3.63, 3.8) is 0 Å². The van der Waals surface area contributed by atoms with Crippen molar-refractivity contribution in [1.82, 2.24) is 0 Å². The van der Waals surface area contributed by atoms with Crippen LogP contribution in [0.4, 0.5) is 0 Å². The van der Waals surface area contributed by atoms with E-state index in [9.17, 15) is 0 Å². The second-order valence-electron chi connectivity index (χ2n) is 9.33. The number of rotatable bonds is 2. The smallest absolute Gasteiger partial charge is 0.0323 e. The molecule has 2 rings (SSSR count). The van der Waals surface area contributed by atoms with E-state index in [1.54, 1.807) is 0 Å². The van der Waals surface area contributed by atoms with E-state index < -0.39 is 0 Å². The average Bonchev–Trinajstić information content (AvgIpc) is 2.53. The Labute approximate surface area is 161 Å². The minimum atomic E-state index is 0.113. The topological polar surface area (TPSA) is 0 Å². The molecule has 0 spiro atoms. The second kappa shape index (κ2) is 7.32. The second-order valence-corrected chi connectivity index (χ2v) is 9.33. The van der Waals surface area contributed by atoms with Crippen molar-refractivity contribution in [2.24, 2.45) is 0 Å². The van der Waals surface area contributed by atoms with Gasteiger partial charge in [0.1, 0.15) is 0 Å². The minimum absolute atomic E-state index is 0.113. The van der Waals surface area contributed by atoms with Gasteiger partial charge in [0.15, 0.2) is 0 Å². The Balaban J connectivity index is 2.91. The van der Waals surface area contributed by atoms with Crippen molar-refractivity contribution in [3.8, 4) is 23.0 Å². The molecule has 0 aliphatic heterocycles. The average molecular weight is 347 g/mol. The maximum Gasteiger partial charge on any atom is 0.0323 e. The van der Waals surface area contributed by atoms with E-state index in [1.165, 1.54) is 33.4 Å². The molecule has 2 aromatic rings. The molecule has 0 atom stereocenters. The van der Waals surface area contributed by atoms with Gasteiger partial charge in [-0.3, -0.25) is 0 Å². The number of hydrogen-bond donors (Lipinski definition) is 0. The lowest BCUT2D eigenvalue weighted by molar-refractivity contribution is 0.557. The predicted octanol–water partition coefficient (Wildman–Crippen LogP) is 7.19. The Morgan fingerprint density at radius 2 is 1.38 bits per heavy atom. The van der Waals surface area contributed by atoms with Gasteiger partial charge in [-0.2, -0.15) is 0 Å². The fraction of sp³-hybridized carbons (Fsp3) is 0.462. The lowest BCUT2D eigenvalue weighted by atomic mass is 9.74. The summed E-state index contributed by atoms with van der Waals surface area (Å²) in [4.78, 5) is 0. The van der Waals surface area contributed by atoms with Crippen LogP contribution in [0.25, 0.3) is 11.1 Å². The van der Waals surface area contributed by atoms with E-state index in [2.05, 4.69) is 97.6 Å². The molecule has 26 heavy (non-hydrogen) atoms. The van der Waals surface area contributed by atoms with E-state index in [-0.39, 0.29) is 10.8 Å². The van der Waals surface area contributed by atoms with Gasteiger partial charge < -0.3 is 0 Å². The molecule has 0 saturated heterocycles. The van der Waals surface area contributed by atoms with E-state index in [0.29, 0.717) is 0 Å². The molecule has 0 radical (unpaired) electrons. The minimum Gasteiger partial charge on any atom is -0.101 e. The van der Waals surface area contributed by atoms with Crippen molar-refractivity contribution < 1.29 is 0 Å². The zero-order chi connectivity index (χ0) is 19.7. The van der Waals surface area contributed by atoms with Crippen molar-refractivity contribution in [3.05, 3.63) is 58.1 Å². The molecule has 0 heterocycles. The third-order valence-corrected chi connectivity index (χ3v) is 4.97. The summed E-state index contributed by atoms with van der Waals surface area (Å²) >= 11 is 0. The molecule has 0 aliphatic carbocycles. The molecule has 0 unspecified atom stereocenters.